The predicted molar refractivity (Wildman–Crippen MR) is 115 cm³/mol. The Morgan fingerprint density at radius 2 is 1.66 bits per heavy atom. The highest BCUT2D eigenvalue weighted by molar-refractivity contribution is 7.92. The molecule has 0 radical (unpaired) electrons. The van der Waals surface area contributed by atoms with Crippen molar-refractivity contribution in [1.82, 2.24) is 4.98 Å². The van der Waals surface area contributed by atoms with Crippen LogP contribution in [0.3, 0.4) is 0 Å². The monoisotopic (exact) mass is 452 g/mol. The molecule has 0 atom stereocenters. The van der Waals surface area contributed by atoms with Crippen molar-refractivity contribution in [3.05, 3.63) is 102 Å². The summed E-state index contributed by atoms with van der Waals surface area (Å²) in [6.45, 7) is -0.0753. The van der Waals surface area contributed by atoms with Crippen molar-refractivity contribution in [3.63, 3.8) is 0 Å². The van der Waals surface area contributed by atoms with Gasteiger partial charge >= 0.3 is 5.97 Å². The van der Waals surface area contributed by atoms with E-state index in [-0.39, 0.29) is 22.8 Å². The molecule has 0 fully saturated rings. The van der Waals surface area contributed by atoms with Crippen LogP contribution in [0.2, 0.25) is 0 Å². The number of halogens is 1. The fourth-order valence-corrected chi connectivity index (χ4v) is 3.87. The number of oxazole rings is 1. The number of benzene rings is 3. The minimum absolute atomic E-state index is 0.0753. The average Bonchev–Trinajstić information content (AvgIpc) is 3.28. The van der Waals surface area contributed by atoms with Gasteiger partial charge in [0.05, 0.1) is 10.5 Å². The highest BCUT2D eigenvalue weighted by atomic mass is 32.2. The quantitative estimate of drug-likeness (QED) is 0.410. The molecular formula is C23H17FN2O5S. The van der Waals surface area contributed by atoms with Gasteiger partial charge in [-0.3, -0.25) is 4.72 Å². The Kier molecular flexibility index (Phi) is 6.00. The molecule has 0 unspecified atom stereocenters. The van der Waals surface area contributed by atoms with E-state index in [1.54, 1.807) is 0 Å². The van der Waals surface area contributed by atoms with Gasteiger partial charge in [0.25, 0.3) is 10.0 Å². The van der Waals surface area contributed by atoms with Gasteiger partial charge in [0.1, 0.15) is 24.4 Å². The summed E-state index contributed by atoms with van der Waals surface area (Å²) >= 11 is 0. The van der Waals surface area contributed by atoms with Crippen LogP contribution in [0.5, 0.6) is 0 Å². The topological polar surface area (TPSA) is 98.5 Å². The third-order valence-corrected chi connectivity index (χ3v) is 5.82. The Morgan fingerprint density at radius 1 is 0.969 bits per heavy atom. The molecule has 0 aliphatic heterocycles. The number of hydrogen-bond acceptors (Lipinski definition) is 6. The normalized spacial score (nSPS) is 11.2. The Balaban J connectivity index is 1.36. The van der Waals surface area contributed by atoms with Crippen LogP contribution in [0, 0.1) is 5.82 Å². The largest absolute Gasteiger partial charge is 0.455 e. The summed E-state index contributed by atoms with van der Waals surface area (Å²) in [7, 11) is -3.88. The van der Waals surface area contributed by atoms with Gasteiger partial charge in [0.2, 0.25) is 5.89 Å². The fourth-order valence-electron chi connectivity index (χ4n) is 2.81. The van der Waals surface area contributed by atoms with E-state index in [2.05, 4.69) is 9.71 Å². The van der Waals surface area contributed by atoms with Gasteiger partial charge in [-0.25, -0.2) is 22.6 Å². The van der Waals surface area contributed by atoms with Crippen LogP contribution in [-0.2, 0) is 21.4 Å². The van der Waals surface area contributed by atoms with Crippen LogP contribution in [0.4, 0.5) is 10.1 Å². The van der Waals surface area contributed by atoms with Gasteiger partial charge < -0.3 is 9.15 Å². The minimum atomic E-state index is -3.88. The molecular weight excluding hydrogens is 435 g/mol. The van der Waals surface area contributed by atoms with Crippen LogP contribution < -0.4 is 4.72 Å². The highest BCUT2D eigenvalue weighted by Crippen LogP contribution is 2.20. The molecule has 162 valence electrons. The molecule has 3 aromatic carbocycles. The molecule has 9 heteroatoms. The Labute approximate surface area is 183 Å². The Bertz CT molecular complexity index is 1320. The average molecular weight is 452 g/mol. The second-order valence-corrected chi connectivity index (χ2v) is 8.41. The first kappa shape index (κ1) is 21.3. The number of nitrogens with zero attached hydrogens (tertiary/aromatic N) is 1. The third-order valence-electron chi connectivity index (χ3n) is 4.42. The molecule has 1 heterocycles. The Hall–Kier alpha value is -3.98. The maximum absolute atomic E-state index is 13.0. The number of anilines is 1. The molecule has 0 saturated carbocycles. The zero-order valence-electron chi connectivity index (χ0n) is 16.6. The SMILES string of the molecule is O=C(OCc1coc(-c2ccccc2)n1)c1ccc(NS(=O)(=O)c2ccc(F)cc2)cc1. The van der Waals surface area contributed by atoms with Gasteiger partial charge in [0.15, 0.2) is 0 Å². The number of hydrogen-bond donors (Lipinski definition) is 1. The van der Waals surface area contributed by atoms with Crippen molar-refractivity contribution in [2.24, 2.45) is 0 Å². The second-order valence-electron chi connectivity index (χ2n) is 6.72. The number of carbonyl (C=O) groups is 1. The standard InChI is InChI=1S/C23H17FN2O5S/c24-18-8-12-21(13-9-18)32(28,29)26-19-10-6-17(7-11-19)23(27)31-15-20-14-30-22(25-20)16-4-2-1-3-5-16/h1-14,26H,15H2. The molecule has 32 heavy (non-hydrogen) atoms. The molecule has 0 bridgehead atoms. The third kappa shape index (κ3) is 5.01. The van der Waals surface area contributed by atoms with Gasteiger partial charge in [0, 0.05) is 11.3 Å². The summed E-state index contributed by atoms with van der Waals surface area (Å²) in [5, 5.41) is 0. The maximum Gasteiger partial charge on any atom is 0.338 e. The summed E-state index contributed by atoms with van der Waals surface area (Å²) < 4.78 is 50.7. The van der Waals surface area contributed by atoms with E-state index in [0.29, 0.717) is 11.6 Å². The van der Waals surface area contributed by atoms with Crippen molar-refractivity contribution in [3.8, 4) is 11.5 Å². The van der Waals surface area contributed by atoms with Gasteiger partial charge in [-0.2, -0.15) is 0 Å². The lowest BCUT2D eigenvalue weighted by Crippen LogP contribution is -2.13. The van der Waals surface area contributed by atoms with Crippen LogP contribution in [0.1, 0.15) is 16.1 Å². The van der Waals surface area contributed by atoms with Crippen LogP contribution in [-0.4, -0.2) is 19.4 Å². The lowest BCUT2D eigenvalue weighted by atomic mass is 10.2. The van der Waals surface area contributed by atoms with Crippen molar-refractivity contribution in [2.45, 2.75) is 11.5 Å². The molecule has 0 amide bonds. The van der Waals surface area contributed by atoms with Crippen LogP contribution >= 0.6 is 0 Å². The van der Waals surface area contributed by atoms with Crippen LogP contribution in [0.15, 0.2) is 94.4 Å². The summed E-state index contributed by atoms with van der Waals surface area (Å²) in [5.74, 6) is -0.703. The van der Waals surface area contributed by atoms with E-state index < -0.39 is 21.8 Å². The number of rotatable bonds is 7. The summed E-state index contributed by atoms with van der Waals surface area (Å²) in [6, 6.07) is 19.5. The first-order valence-corrected chi connectivity index (χ1v) is 10.9. The molecule has 7 nitrogen and oxygen atoms in total. The van der Waals surface area contributed by atoms with Gasteiger partial charge in [-0.1, -0.05) is 18.2 Å². The number of sulfonamides is 1. The molecule has 4 rings (SSSR count). The van der Waals surface area contributed by atoms with E-state index in [9.17, 15) is 17.6 Å². The van der Waals surface area contributed by atoms with E-state index in [4.69, 9.17) is 9.15 Å². The van der Waals surface area contributed by atoms with Crippen molar-refractivity contribution < 1.29 is 26.8 Å². The Morgan fingerprint density at radius 3 is 2.34 bits per heavy atom. The molecule has 1 N–H and O–H groups in total. The van der Waals surface area contributed by atoms with E-state index >= 15 is 0 Å². The summed E-state index contributed by atoms with van der Waals surface area (Å²) in [6.07, 6.45) is 1.42. The molecule has 0 spiro atoms. The van der Waals surface area contributed by atoms with Gasteiger partial charge in [-0.05, 0) is 60.7 Å². The maximum atomic E-state index is 13.0. The molecule has 0 aliphatic carbocycles. The van der Waals surface area contributed by atoms with Crippen LogP contribution in [0.25, 0.3) is 11.5 Å². The molecule has 0 aliphatic rings. The number of esters is 1. The van der Waals surface area contributed by atoms with E-state index in [1.165, 1.54) is 30.5 Å². The smallest absolute Gasteiger partial charge is 0.338 e. The molecule has 4 aromatic rings. The number of ether oxygens (including phenoxy) is 1. The zero-order valence-corrected chi connectivity index (χ0v) is 17.4. The highest BCUT2D eigenvalue weighted by Gasteiger charge is 2.15. The first-order chi connectivity index (χ1) is 15.4. The molecule has 1 aromatic heterocycles. The first-order valence-electron chi connectivity index (χ1n) is 9.46. The fraction of sp³-hybridized carbons (Fsp3) is 0.0435. The van der Waals surface area contributed by atoms with Crippen molar-refractivity contribution >= 4 is 21.7 Å². The molecule has 0 saturated heterocycles. The summed E-state index contributed by atoms with van der Waals surface area (Å²) in [5.41, 5.74) is 1.75. The second kappa shape index (κ2) is 9.03. The van der Waals surface area contributed by atoms with Gasteiger partial charge in [-0.15, -0.1) is 0 Å². The number of aromatic nitrogens is 1. The van der Waals surface area contributed by atoms with E-state index in [0.717, 1.165) is 29.8 Å². The number of carbonyl (C=O) groups excluding carboxylic acids is 1. The lowest BCUT2D eigenvalue weighted by Gasteiger charge is -2.09. The lowest BCUT2D eigenvalue weighted by molar-refractivity contribution is 0.0468. The minimum Gasteiger partial charge on any atom is -0.455 e. The van der Waals surface area contributed by atoms with Crippen molar-refractivity contribution in [2.75, 3.05) is 4.72 Å². The number of nitrogens with one attached hydrogen (secondary N) is 1. The zero-order chi connectivity index (χ0) is 22.6. The van der Waals surface area contributed by atoms with E-state index in [1.807, 2.05) is 30.3 Å². The summed E-state index contributed by atoms with van der Waals surface area (Å²) in [4.78, 5) is 16.5. The predicted octanol–water partition coefficient (Wildman–Crippen LogP) is 4.64. The van der Waals surface area contributed by atoms with Crippen molar-refractivity contribution in [1.29, 1.82) is 0 Å².